The topological polar surface area (TPSA) is 170 Å². The predicted molar refractivity (Wildman–Crippen MR) is 223 cm³/mol. The van der Waals surface area contributed by atoms with Crippen molar-refractivity contribution in [3.63, 3.8) is 0 Å². The van der Waals surface area contributed by atoms with E-state index in [2.05, 4.69) is 37.1 Å². The van der Waals surface area contributed by atoms with Crippen LogP contribution in [0.1, 0.15) is 60.2 Å². The summed E-state index contributed by atoms with van der Waals surface area (Å²) in [5, 5.41) is 8.79. The van der Waals surface area contributed by atoms with Crippen LogP contribution in [-0.4, -0.2) is 82.0 Å². The van der Waals surface area contributed by atoms with Crippen LogP contribution in [0.5, 0.6) is 0 Å². The number of rotatable bonds is 11. The Bertz CT molecular complexity index is 2820. The molecule has 0 radical (unpaired) electrons. The van der Waals surface area contributed by atoms with Gasteiger partial charge in [0.25, 0.3) is 5.92 Å². The maximum atomic E-state index is 15.1. The van der Waals surface area contributed by atoms with Crippen molar-refractivity contribution in [3.8, 4) is 23.0 Å². The Morgan fingerprint density at radius 3 is 2.21 bits per heavy atom. The number of carbonyl (C=O) groups excluding carboxylic acids is 3. The van der Waals surface area contributed by atoms with Crippen molar-refractivity contribution in [2.75, 3.05) is 23.9 Å². The second-order valence-electron chi connectivity index (χ2n) is 15.4. The molecule has 0 fully saturated rings. The number of methoxy groups -OCH3 is 1. The molecule has 1 aliphatic carbocycles. The monoisotopic (exact) mass is 1010 g/mol. The molecule has 2 amide bonds. The summed E-state index contributed by atoms with van der Waals surface area (Å²) in [5.74, 6) is -5.91. The number of halogens is 11. The minimum atomic E-state index is -5.20. The van der Waals surface area contributed by atoms with Gasteiger partial charge >= 0.3 is 24.2 Å². The lowest BCUT2D eigenvalue weighted by Crippen LogP contribution is -2.41. The van der Waals surface area contributed by atoms with Gasteiger partial charge < -0.3 is 19.2 Å². The van der Waals surface area contributed by atoms with E-state index in [1.54, 1.807) is 0 Å². The van der Waals surface area contributed by atoms with Gasteiger partial charge in [0.2, 0.25) is 11.7 Å². The summed E-state index contributed by atoms with van der Waals surface area (Å²) in [6.45, 7) is -0.148. The van der Waals surface area contributed by atoms with Gasteiger partial charge in [0.1, 0.15) is 42.4 Å². The van der Waals surface area contributed by atoms with Gasteiger partial charge in [-0.3, -0.25) is 19.0 Å². The highest BCUT2D eigenvalue weighted by Crippen LogP contribution is 2.47. The molecule has 2 aromatic carbocycles. The van der Waals surface area contributed by atoms with Crippen molar-refractivity contribution < 1.29 is 72.1 Å². The van der Waals surface area contributed by atoms with Gasteiger partial charge in [-0.15, -0.1) is 5.10 Å². The highest BCUT2D eigenvalue weighted by molar-refractivity contribution is 7.93. The van der Waals surface area contributed by atoms with Crippen LogP contribution in [0.2, 0.25) is 5.02 Å². The zero-order valence-electron chi connectivity index (χ0n) is 35.3. The fourth-order valence-electron chi connectivity index (χ4n) is 7.18. The maximum Gasteiger partial charge on any atom is 0.435 e. The van der Waals surface area contributed by atoms with E-state index >= 15 is 8.78 Å². The van der Waals surface area contributed by atoms with Crippen LogP contribution in [-0.2, 0) is 79.7 Å². The quantitative estimate of drug-likeness (QED) is 0.0471. The van der Waals surface area contributed by atoms with Crippen LogP contribution in [0.25, 0.3) is 22.0 Å². The first-order valence-corrected chi connectivity index (χ1v) is 22.7. The van der Waals surface area contributed by atoms with Gasteiger partial charge in [-0.2, -0.15) is 40.2 Å². The zero-order valence-corrected chi connectivity index (χ0v) is 37.7. The molecule has 26 heteroatoms. The molecule has 358 valence electrons. The van der Waals surface area contributed by atoms with E-state index in [0.29, 0.717) is 10.7 Å². The highest BCUT2D eigenvalue weighted by atomic mass is 35.5. The minimum absolute atomic E-state index is 0.160. The molecule has 3 atom stereocenters. The average molecular weight is 1010 g/mol. The van der Waals surface area contributed by atoms with E-state index in [1.165, 1.54) is 32.2 Å². The molecule has 67 heavy (non-hydrogen) atoms. The van der Waals surface area contributed by atoms with E-state index in [4.69, 9.17) is 11.6 Å². The van der Waals surface area contributed by atoms with Gasteiger partial charge in [-0.05, 0) is 85.6 Å². The third-order valence-electron chi connectivity index (χ3n) is 10.2. The number of anilines is 1. The largest absolute Gasteiger partial charge is 0.615 e. The molecular weight excluding hydrogens is 976 g/mol. The number of fused-ring (bicyclic) bond motifs is 2. The Hall–Kier alpha value is -5.55. The van der Waals surface area contributed by atoms with Crippen LogP contribution in [0, 0.1) is 23.5 Å². The molecule has 5 aromatic rings. The number of amides is 2. The SMILES string of the molecule is COC(=O)C(=O)N(c1nn(CC(F)(F)F)c2c(-c3ccc(C#CC(C)(C)[S+](C)[O-])nc3C(Cc3cc(F)cc(F)c3)NC(=O)Cn3nc(C(F)(F)F)c4c3C(F)(F)CC4)ccc(Cl)c12)[S+](C)[O-]. The molecule has 3 aromatic heterocycles. The predicted octanol–water partition coefficient (Wildman–Crippen LogP) is 7.25. The molecular formula is C41H34ClF10N7O6S2. The Kier molecular flexibility index (Phi) is 14.3. The van der Waals surface area contributed by atoms with Gasteiger partial charge in [-0.1, -0.05) is 22.0 Å². The lowest BCUT2D eigenvalue weighted by molar-refractivity contribution is -0.150. The van der Waals surface area contributed by atoms with Crippen LogP contribution in [0.3, 0.4) is 0 Å². The number of benzene rings is 2. The first kappa shape index (κ1) is 50.9. The van der Waals surface area contributed by atoms with Gasteiger partial charge in [0.05, 0.1) is 52.4 Å². The summed E-state index contributed by atoms with van der Waals surface area (Å²) < 4.78 is 174. The Morgan fingerprint density at radius 1 is 0.985 bits per heavy atom. The molecule has 13 nitrogen and oxygen atoms in total. The number of carbonyl (C=O) groups is 3. The number of esters is 1. The molecule has 6 rings (SSSR count). The number of aromatic nitrogens is 5. The van der Waals surface area contributed by atoms with Gasteiger partial charge in [0.15, 0.2) is 10.4 Å². The van der Waals surface area contributed by atoms with E-state index in [0.717, 1.165) is 37.6 Å². The molecule has 3 unspecified atom stereocenters. The Labute approximate surface area is 384 Å². The van der Waals surface area contributed by atoms with Crippen LogP contribution >= 0.6 is 11.6 Å². The third-order valence-corrected chi connectivity index (χ3v) is 13.0. The van der Waals surface area contributed by atoms with Gasteiger partial charge in [-0.25, -0.2) is 18.6 Å². The number of ether oxygens (including phenoxy) is 1. The number of nitrogens with one attached hydrogen (secondary N) is 1. The standard InChI is InChI=1S/C41H34ClF10N7O6S2/c1-38(2,66(4)63)12-10-23-6-7-24(25-8-9-27(42)30-32(25)58(19-40(47,48)49)56-35(30)59(67(5)64)36(61)37(62)65-3)31(53-23)28(16-20-14-21(43)17-22(44)15-20)54-29(60)18-57-34-26(11-13-39(34,45)46)33(55-57)41(50,51)52/h6-9,14-15,17,28H,11,13,16,18-19H2,1-5H3,(H,54,60). The number of pyridine rings is 1. The fourth-order valence-corrected chi connectivity index (χ4v) is 8.29. The molecule has 0 spiro atoms. The summed E-state index contributed by atoms with van der Waals surface area (Å²) in [6.07, 6.45) is -10.4. The summed E-state index contributed by atoms with van der Waals surface area (Å²) in [6, 6.07) is 5.21. The first-order valence-electron chi connectivity index (χ1n) is 19.2. The maximum absolute atomic E-state index is 15.1. The van der Waals surface area contributed by atoms with Crippen molar-refractivity contribution in [1.82, 2.24) is 29.9 Å². The average Bonchev–Trinajstić information content (AvgIpc) is 3.87. The van der Waals surface area contributed by atoms with Crippen molar-refractivity contribution in [2.45, 2.75) is 75.3 Å². The van der Waals surface area contributed by atoms with Crippen LogP contribution in [0.4, 0.5) is 49.7 Å². The van der Waals surface area contributed by atoms with Crippen molar-refractivity contribution in [3.05, 3.63) is 93.0 Å². The van der Waals surface area contributed by atoms with E-state index < -0.39 is 152 Å². The van der Waals surface area contributed by atoms with Crippen LogP contribution < -0.4 is 9.62 Å². The lowest BCUT2D eigenvalue weighted by atomic mass is 9.93. The molecule has 1 N–H and O–H groups in total. The first-order chi connectivity index (χ1) is 31.0. The summed E-state index contributed by atoms with van der Waals surface area (Å²) in [4.78, 5) is 44.2. The van der Waals surface area contributed by atoms with E-state index in [-0.39, 0.29) is 37.1 Å². The van der Waals surface area contributed by atoms with Crippen molar-refractivity contribution >= 4 is 68.6 Å². The van der Waals surface area contributed by atoms with Crippen molar-refractivity contribution in [1.29, 1.82) is 0 Å². The smallest absolute Gasteiger partial charge is 0.435 e. The second kappa shape index (κ2) is 18.9. The van der Waals surface area contributed by atoms with Gasteiger partial charge in [0, 0.05) is 29.2 Å². The number of nitrogens with zero attached hydrogens (tertiary/aromatic N) is 6. The number of alkyl halides is 8. The summed E-state index contributed by atoms with van der Waals surface area (Å²) in [5.41, 5.74) is -5.44. The second-order valence-corrected chi connectivity index (χ2v) is 19.0. The number of hydrogen-bond acceptors (Lipinski definition) is 9. The molecule has 3 heterocycles. The molecule has 1 aliphatic rings. The molecule has 0 saturated heterocycles. The normalized spacial score (nSPS) is 15.1. The zero-order chi connectivity index (χ0) is 49.7. The van der Waals surface area contributed by atoms with Crippen LogP contribution in [0.15, 0.2) is 42.5 Å². The minimum Gasteiger partial charge on any atom is -0.615 e. The molecule has 0 saturated carbocycles. The third kappa shape index (κ3) is 10.9. The van der Waals surface area contributed by atoms with Crippen molar-refractivity contribution in [2.24, 2.45) is 0 Å². The summed E-state index contributed by atoms with van der Waals surface area (Å²) in [7, 11) is 0.803. The Balaban J connectivity index is 1.64. The lowest BCUT2D eigenvalue weighted by Gasteiger charge is -2.23. The van der Waals surface area contributed by atoms with E-state index in [9.17, 15) is 58.6 Å². The molecule has 0 aliphatic heterocycles. The fraction of sp³-hybridized carbons (Fsp3) is 0.366. The number of hydrogen-bond donors (Lipinski definition) is 1. The Morgan fingerprint density at radius 2 is 1.63 bits per heavy atom. The summed E-state index contributed by atoms with van der Waals surface area (Å²) >= 11 is 2.49. The van der Waals surface area contributed by atoms with E-state index in [1.807, 2.05) is 0 Å². The molecule has 0 bridgehead atoms. The highest BCUT2D eigenvalue weighted by Gasteiger charge is 2.50.